The number of aryl methyl sites for hydroxylation is 2. The number of fused-ring (bicyclic) bond motifs is 1. The molecule has 1 saturated heterocycles. The van der Waals surface area contributed by atoms with Crippen LogP contribution in [0.15, 0.2) is 18.2 Å². The molecule has 1 aromatic heterocycles. The van der Waals surface area contributed by atoms with Crippen LogP contribution in [0.4, 0.5) is 0 Å². The van der Waals surface area contributed by atoms with Crippen molar-refractivity contribution in [1.29, 1.82) is 0 Å². The molecule has 5 nitrogen and oxygen atoms in total. The number of rotatable bonds is 2. The first-order chi connectivity index (χ1) is 10.9. The first kappa shape index (κ1) is 15.6. The number of piperidine rings is 1. The highest BCUT2D eigenvalue weighted by Crippen LogP contribution is 2.27. The van der Waals surface area contributed by atoms with Crippen molar-refractivity contribution in [3.05, 3.63) is 35.0 Å². The summed E-state index contributed by atoms with van der Waals surface area (Å²) in [5.41, 5.74) is 3.92. The van der Waals surface area contributed by atoms with Crippen LogP contribution in [0, 0.1) is 25.7 Å². The molecule has 1 aliphatic rings. The summed E-state index contributed by atoms with van der Waals surface area (Å²) in [5.74, 6) is -1.19. The standard InChI is InChI=1S/C18H22N2O3/c1-10-4-5-15-14(12(10)3)8-16(19-15)17(21)20-7-6-13(18(22)23)11(2)9-20/h4-5,8,11,13,19H,6-7,9H2,1-3H3,(H,22,23). The Bertz CT molecular complexity index is 778. The van der Waals surface area contributed by atoms with Gasteiger partial charge in [0.15, 0.2) is 0 Å². The second-order valence-corrected chi connectivity index (χ2v) is 6.61. The maximum absolute atomic E-state index is 12.7. The predicted octanol–water partition coefficient (Wildman–Crippen LogP) is 2.97. The van der Waals surface area contributed by atoms with Crippen LogP contribution in [0.5, 0.6) is 0 Å². The highest BCUT2D eigenvalue weighted by atomic mass is 16.4. The van der Waals surface area contributed by atoms with Gasteiger partial charge in [-0.1, -0.05) is 13.0 Å². The number of nitrogens with zero attached hydrogens (tertiary/aromatic N) is 1. The molecule has 122 valence electrons. The van der Waals surface area contributed by atoms with E-state index >= 15 is 0 Å². The van der Waals surface area contributed by atoms with Gasteiger partial charge < -0.3 is 15.0 Å². The van der Waals surface area contributed by atoms with Gasteiger partial charge in [-0.2, -0.15) is 0 Å². The van der Waals surface area contributed by atoms with E-state index in [1.54, 1.807) is 4.90 Å². The Morgan fingerprint density at radius 2 is 2.04 bits per heavy atom. The average molecular weight is 314 g/mol. The number of aromatic nitrogens is 1. The summed E-state index contributed by atoms with van der Waals surface area (Å²) in [6.07, 6.45) is 0.514. The number of nitrogens with one attached hydrogen (secondary N) is 1. The van der Waals surface area contributed by atoms with Gasteiger partial charge in [-0.05, 0) is 49.4 Å². The van der Waals surface area contributed by atoms with Gasteiger partial charge in [-0.15, -0.1) is 0 Å². The number of H-pyrrole nitrogens is 1. The average Bonchev–Trinajstić information content (AvgIpc) is 2.94. The Kier molecular flexibility index (Phi) is 3.88. The van der Waals surface area contributed by atoms with Crippen LogP contribution >= 0.6 is 0 Å². The molecule has 2 atom stereocenters. The fraction of sp³-hybridized carbons (Fsp3) is 0.444. The molecule has 1 amide bonds. The smallest absolute Gasteiger partial charge is 0.306 e. The van der Waals surface area contributed by atoms with E-state index in [9.17, 15) is 14.7 Å². The molecule has 2 aromatic rings. The monoisotopic (exact) mass is 314 g/mol. The third-order valence-electron chi connectivity index (χ3n) is 5.08. The second-order valence-electron chi connectivity index (χ2n) is 6.61. The lowest BCUT2D eigenvalue weighted by Crippen LogP contribution is -2.45. The fourth-order valence-corrected chi connectivity index (χ4v) is 3.44. The van der Waals surface area contributed by atoms with E-state index < -0.39 is 5.97 Å². The molecular formula is C18H22N2O3. The van der Waals surface area contributed by atoms with Crippen LogP contribution in [-0.4, -0.2) is 40.0 Å². The molecule has 1 fully saturated rings. The molecule has 23 heavy (non-hydrogen) atoms. The van der Waals surface area contributed by atoms with Crippen molar-refractivity contribution in [2.45, 2.75) is 27.2 Å². The van der Waals surface area contributed by atoms with Gasteiger partial charge in [0, 0.05) is 24.0 Å². The zero-order valence-corrected chi connectivity index (χ0v) is 13.7. The van der Waals surface area contributed by atoms with E-state index in [2.05, 4.69) is 18.8 Å². The highest BCUT2D eigenvalue weighted by Gasteiger charge is 2.33. The van der Waals surface area contributed by atoms with Crippen molar-refractivity contribution < 1.29 is 14.7 Å². The lowest BCUT2D eigenvalue weighted by Gasteiger charge is -2.34. The number of carbonyl (C=O) groups is 2. The van der Waals surface area contributed by atoms with Crippen LogP contribution in [-0.2, 0) is 4.79 Å². The Labute approximate surface area is 135 Å². The van der Waals surface area contributed by atoms with Gasteiger partial charge in [0.05, 0.1) is 5.92 Å². The van der Waals surface area contributed by atoms with Gasteiger partial charge in [-0.25, -0.2) is 0 Å². The molecule has 2 unspecified atom stereocenters. The van der Waals surface area contributed by atoms with Gasteiger partial charge in [-0.3, -0.25) is 9.59 Å². The van der Waals surface area contributed by atoms with E-state index in [0.29, 0.717) is 25.2 Å². The van der Waals surface area contributed by atoms with Crippen molar-refractivity contribution in [2.75, 3.05) is 13.1 Å². The summed E-state index contributed by atoms with van der Waals surface area (Å²) in [7, 11) is 0. The minimum absolute atomic E-state index is 0.0291. The Morgan fingerprint density at radius 1 is 1.30 bits per heavy atom. The third-order valence-corrected chi connectivity index (χ3v) is 5.08. The van der Waals surface area contributed by atoms with Crippen LogP contribution in [0.2, 0.25) is 0 Å². The highest BCUT2D eigenvalue weighted by molar-refractivity contribution is 5.99. The number of carboxylic acids is 1. The molecule has 2 N–H and O–H groups in total. The molecule has 3 rings (SSSR count). The number of hydrogen-bond acceptors (Lipinski definition) is 2. The molecule has 1 aliphatic heterocycles. The third kappa shape index (κ3) is 2.71. The van der Waals surface area contributed by atoms with E-state index in [1.807, 2.05) is 25.1 Å². The zero-order valence-electron chi connectivity index (χ0n) is 13.7. The van der Waals surface area contributed by atoms with Crippen molar-refractivity contribution in [3.63, 3.8) is 0 Å². The number of aliphatic carboxylic acids is 1. The molecule has 0 spiro atoms. The number of benzene rings is 1. The first-order valence-corrected chi connectivity index (χ1v) is 7.99. The van der Waals surface area contributed by atoms with E-state index in [1.165, 1.54) is 11.1 Å². The van der Waals surface area contributed by atoms with Gasteiger partial charge in [0.25, 0.3) is 5.91 Å². The number of carboxylic acid groups (broad SMARTS) is 1. The molecule has 2 heterocycles. The molecule has 0 aliphatic carbocycles. The fourth-order valence-electron chi connectivity index (χ4n) is 3.44. The number of carbonyl (C=O) groups excluding carboxylic acids is 1. The zero-order chi connectivity index (χ0) is 16.7. The quantitative estimate of drug-likeness (QED) is 0.895. The second kappa shape index (κ2) is 5.72. The van der Waals surface area contributed by atoms with E-state index in [-0.39, 0.29) is 17.7 Å². The van der Waals surface area contributed by atoms with Gasteiger partial charge in [0.2, 0.25) is 0 Å². The number of amides is 1. The summed E-state index contributed by atoms with van der Waals surface area (Å²) < 4.78 is 0. The van der Waals surface area contributed by atoms with Crippen LogP contribution in [0.1, 0.15) is 35.0 Å². The maximum atomic E-state index is 12.7. The van der Waals surface area contributed by atoms with Crippen LogP contribution in [0.3, 0.4) is 0 Å². The summed E-state index contributed by atoms with van der Waals surface area (Å²) in [6.45, 7) is 7.00. The van der Waals surface area contributed by atoms with E-state index in [0.717, 1.165) is 10.9 Å². The Balaban J connectivity index is 1.84. The lowest BCUT2D eigenvalue weighted by atomic mass is 9.87. The molecule has 0 bridgehead atoms. The molecule has 0 radical (unpaired) electrons. The summed E-state index contributed by atoms with van der Waals surface area (Å²) in [5, 5.41) is 10.3. The number of likely N-dealkylation sites (tertiary alicyclic amines) is 1. The lowest BCUT2D eigenvalue weighted by molar-refractivity contribution is -0.145. The molecule has 0 saturated carbocycles. The minimum Gasteiger partial charge on any atom is -0.481 e. The molecule has 5 heteroatoms. The Hall–Kier alpha value is -2.30. The minimum atomic E-state index is -0.763. The van der Waals surface area contributed by atoms with Gasteiger partial charge in [0.1, 0.15) is 5.69 Å². The molecule has 1 aromatic carbocycles. The normalized spacial score (nSPS) is 21.6. The van der Waals surface area contributed by atoms with Gasteiger partial charge >= 0.3 is 5.97 Å². The topological polar surface area (TPSA) is 73.4 Å². The van der Waals surface area contributed by atoms with Crippen LogP contribution < -0.4 is 0 Å². The summed E-state index contributed by atoms with van der Waals surface area (Å²) in [6, 6.07) is 5.95. The van der Waals surface area contributed by atoms with Crippen molar-refractivity contribution >= 4 is 22.8 Å². The first-order valence-electron chi connectivity index (χ1n) is 7.99. The van der Waals surface area contributed by atoms with Crippen molar-refractivity contribution in [1.82, 2.24) is 9.88 Å². The summed E-state index contributed by atoms with van der Waals surface area (Å²) >= 11 is 0. The SMILES string of the molecule is Cc1ccc2[nH]c(C(=O)N3CCC(C(=O)O)C(C)C3)cc2c1C. The number of hydrogen-bond donors (Lipinski definition) is 2. The van der Waals surface area contributed by atoms with Crippen molar-refractivity contribution in [2.24, 2.45) is 11.8 Å². The van der Waals surface area contributed by atoms with E-state index in [4.69, 9.17) is 0 Å². The van der Waals surface area contributed by atoms with Crippen molar-refractivity contribution in [3.8, 4) is 0 Å². The molecular weight excluding hydrogens is 292 g/mol. The Morgan fingerprint density at radius 3 is 2.70 bits per heavy atom. The van der Waals surface area contributed by atoms with Crippen LogP contribution in [0.25, 0.3) is 10.9 Å². The summed E-state index contributed by atoms with van der Waals surface area (Å²) in [4.78, 5) is 28.9. The largest absolute Gasteiger partial charge is 0.481 e. The number of aromatic amines is 1. The maximum Gasteiger partial charge on any atom is 0.306 e. The predicted molar refractivity (Wildman–Crippen MR) is 88.6 cm³/mol.